The third-order valence-electron chi connectivity index (χ3n) is 2.11. The highest BCUT2D eigenvalue weighted by molar-refractivity contribution is 5.49. The first kappa shape index (κ1) is 11.1. The van der Waals surface area contributed by atoms with Gasteiger partial charge in [-0.1, -0.05) is 5.16 Å². The minimum Gasteiger partial charge on any atom is -0.378 e. The summed E-state index contributed by atoms with van der Waals surface area (Å²) in [6.45, 7) is 2.05. The molecule has 0 atom stereocenters. The molecule has 0 amide bonds. The van der Waals surface area contributed by atoms with Crippen LogP contribution in [0, 0.1) is 24.1 Å². The zero-order chi connectivity index (χ0) is 12.3. The van der Waals surface area contributed by atoms with E-state index in [9.17, 15) is 4.39 Å². The van der Waals surface area contributed by atoms with Gasteiger partial charge in [-0.05, 0) is 18.2 Å². The van der Waals surface area contributed by atoms with E-state index in [1.807, 2.05) is 0 Å². The van der Waals surface area contributed by atoms with Gasteiger partial charge in [0.15, 0.2) is 5.82 Å². The first-order chi connectivity index (χ1) is 8.19. The van der Waals surface area contributed by atoms with Crippen molar-refractivity contribution in [2.24, 2.45) is 0 Å². The van der Waals surface area contributed by atoms with Crippen molar-refractivity contribution in [3.63, 3.8) is 0 Å². The third kappa shape index (κ3) is 2.58. The third-order valence-corrected chi connectivity index (χ3v) is 2.11. The SMILES string of the molecule is Cc1nc(CNc2ccc(F)c(C#N)c2)no1. The second-order valence-electron chi connectivity index (χ2n) is 3.39. The quantitative estimate of drug-likeness (QED) is 0.875. The molecule has 1 aromatic carbocycles. The fourth-order valence-corrected chi connectivity index (χ4v) is 1.32. The Hall–Kier alpha value is -2.42. The maximum atomic E-state index is 13.0. The van der Waals surface area contributed by atoms with Crippen molar-refractivity contribution in [3.05, 3.63) is 41.3 Å². The summed E-state index contributed by atoms with van der Waals surface area (Å²) in [5.41, 5.74) is 0.629. The van der Waals surface area contributed by atoms with Gasteiger partial charge in [-0.3, -0.25) is 0 Å². The van der Waals surface area contributed by atoms with E-state index in [0.717, 1.165) is 0 Å². The lowest BCUT2D eigenvalue weighted by Gasteiger charge is -2.03. The van der Waals surface area contributed by atoms with Crippen LogP contribution in [0.2, 0.25) is 0 Å². The van der Waals surface area contributed by atoms with Crippen LogP contribution in [0.3, 0.4) is 0 Å². The van der Waals surface area contributed by atoms with Gasteiger partial charge in [-0.2, -0.15) is 10.2 Å². The van der Waals surface area contributed by atoms with E-state index < -0.39 is 5.82 Å². The molecule has 0 bridgehead atoms. The van der Waals surface area contributed by atoms with Crippen LogP contribution in [-0.4, -0.2) is 10.1 Å². The van der Waals surface area contributed by atoms with Crippen LogP contribution in [0.4, 0.5) is 10.1 Å². The van der Waals surface area contributed by atoms with Crippen LogP contribution in [0.25, 0.3) is 0 Å². The highest BCUT2D eigenvalue weighted by atomic mass is 19.1. The molecule has 6 heteroatoms. The number of nitrogens with one attached hydrogen (secondary N) is 1. The van der Waals surface area contributed by atoms with Gasteiger partial charge < -0.3 is 9.84 Å². The molecule has 1 aromatic heterocycles. The Bertz CT molecular complexity index is 573. The average molecular weight is 232 g/mol. The molecule has 2 rings (SSSR count). The topological polar surface area (TPSA) is 74.7 Å². The van der Waals surface area contributed by atoms with Gasteiger partial charge in [-0.25, -0.2) is 4.39 Å². The summed E-state index contributed by atoms with van der Waals surface area (Å²) in [6, 6.07) is 5.99. The summed E-state index contributed by atoms with van der Waals surface area (Å²) in [7, 11) is 0. The molecule has 17 heavy (non-hydrogen) atoms. The number of hydrogen-bond acceptors (Lipinski definition) is 5. The number of aryl methyl sites for hydroxylation is 1. The molecule has 0 aliphatic rings. The lowest BCUT2D eigenvalue weighted by atomic mass is 10.2. The Morgan fingerprint density at radius 1 is 1.53 bits per heavy atom. The second kappa shape index (κ2) is 4.61. The standard InChI is InChI=1S/C11H9FN4O/c1-7-15-11(16-17-7)6-14-9-2-3-10(12)8(4-9)5-13/h2-4,14H,6H2,1H3. The zero-order valence-electron chi connectivity index (χ0n) is 9.07. The van der Waals surface area contributed by atoms with Crippen molar-refractivity contribution in [2.75, 3.05) is 5.32 Å². The van der Waals surface area contributed by atoms with Crippen LogP contribution >= 0.6 is 0 Å². The number of aromatic nitrogens is 2. The largest absolute Gasteiger partial charge is 0.378 e. The van der Waals surface area contributed by atoms with Gasteiger partial charge in [0.2, 0.25) is 5.89 Å². The molecule has 2 aromatic rings. The molecule has 5 nitrogen and oxygen atoms in total. The van der Waals surface area contributed by atoms with Crippen molar-refractivity contribution >= 4 is 5.69 Å². The molecule has 0 unspecified atom stereocenters. The predicted molar refractivity (Wildman–Crippen MR) is 57.5 cm³/mol. The minimum atomic E-state index is -0.534. The van der Waals surface area contributed by atoms with Crippen molar-refractivity contribution in [3.8, 4) is 6.07 Å². The van der Waals surface area contributed by atoms with E-state index in [0.29, 0.717) is 23.9 Å². The number of anilines is 1. The van der Waals surface area contributed by atoms with E-state index in [-0.39, 0.29) is 5.56 Å². The van der Waals surface area contributed by atoms with Gasteiger partial charge in [-0.15, -0.1) is 0 Å². The molecule has 0 saturated heterocycles. The number of benzene rings is 1. The molecule has 0 saturated carbocycles. The molecule has 1 N–H and O–H groups in total. The highest BCUT2D eigenvalue weighted by Crippen LogP contribution is 2.14. The van der Waals surface area contributed by atoms with E-state index in [1.165, 1.54) is 12.1 Å². The zero-order valence-corrected chi connectivity index (χ0v) is 9.07. The van der Waals surface area contributed by atoms with Gasteiger partial charge in [0, 0.05) is 12.6 Å². The lowest BCUT2D eigenvalue weighted by molar-refractivity contribution is 0.388. The van der Waals surface area contributed by atoms with Crippen LogP contribution < -0.4 is 5.32 Å². The molecule has 0 fully saturated rings. The van der Waals surface area contributed by atoms with Crippen LogP contribution in [-0.2, 0) is 6.54 Å². The number of nitriles is 1. The summed E-state index contributed by atoms with van der Waals surface area (Å²) in [5, 5.41) is 15.4. The molecule has 0 aliphatic heterocycles. The van der Waals surface area contributed by atoms with Gasteiger partial charge in [0.25, 0.3) is 0 Å². The monoisotopic (exact) mass is 232 g/mol. The summed E-state index contributed by atoms with van der Waals surface area (Å²) in [4.78, 5) is 4.01. The van der Waals surface area contributed by atoms with Crippen LogP contribution in [0.15, 0.2) is 22.7 Å². The summed E-state index contributed by atoms with van der Waals surface area (Å²) in [5.74, 6) is 0.456. The van der Waals surface area contributed by atoms with Crippen LogP contribution in [0.1, 0.15) is 17.3 Å². The highest BCUT2D eigenvalue weighted by Gasteiger charge is 2.04. The first-order valence-electron chi connectivity index (χ1n) is 4.92. The molecule has 1 heterocycles. The van der Waals surface area contributed by atoms with Gasteiger partial charge in [0.05, 0.1) is 12.1 Å². The van der Waals surface area contributed by atoms with Crippen molar-refractivity contribution in [1.82, 2.24) is 10.1 Å². The average Bonchev–Trinajstić information content (AvgIpc) is 2.74. The number of halogens is 1. The number of hydrogen-bond donors (Lipinski definition) is 1. The molecule has 0 spiro atoms. The Balaban J connectivity index is 2.07. The Morgan fingerprint density at radius 2 is 2.35 bits per heavy atom. The smallest absolute Gasteiger partial charge is 0.223 e. The van der Waals surface area contributed by atoms with Crippen molar-refractivity contribution in [2.45, 2.75) is 13.5 Å². The number of rotatable bonds is 3. The summed E-state index contributed by atoms with van der Waals surface area (Å²) in [6.07, 6.45) is 0. The molecular weight excluding hydrogens is 223 g/mol. The lowest BCUT2D eigenvalue weighted by Crippen LogP contribution is -2.01. The van der Waals surface area contributed by atoms with E-state index in [1.54, 1.807) is 19.1 Å². The number of nitrogens with zero attached hydrogens (tertiary/aromatic N) is 3. The maximum absolute atomic E-state index is 13.0. The van der Waals surface area contributed by atoms with E-state index in [4.69, 9.17) is 9.78 Å². The molecular formula is C11H9FN4O. The summed E-state index contributed by atoms with van der Waals surface area (Å²) >= 11 is 0. The van der Waals surface area contributed by atoms with Crippen molar-refractivity contribution in [1.29, 1.82) is 5.26 Å². The van der Waals surface area contributed by atoms with Crippen LogP contribution in [0.5, 0.6) is 0 Å². The normalized spacial score (nSPS) is 9.94. The molecule has 86 valence electrons. The van der Waals surface area contributed by atoms with E-state index >= 15 is 0 Å². The van der Waals surface area contributed by atoms with Gasteiger partial charge >= 0.3 is 0 Å². The minimum absolute atomic E-state index is 0.000655. The Kier molecular flexibility index (Phi) is 3.01. The predicted octanol–water partition coefficient (Wildman–Crippen LogP) is 2.00. The first-order valence-corrected chi connectivity index (χ1v) is 4.92. The van der Waals surface area contributed by atoms with E-state index in [2.05, 4.69) is 15.5 Å². The molecule has 0 aliphatic carbocycles. The fourth-order valence-electron chi connectivity index (χ4n) is 1.32. The Labute approximate surface area is 96.9 Å². The second-order valence-corrected chi connectivity index (χ2v) is 3.39. The molecule has 0 radical (unpaired) electrons. The maximum Gasteiger partial charge on any atom is 0.223 e. The van der Waals surface area contributed by atoms with Gasteiger partial charge in [0.1, 0.15) is 11.9 Å². The van der Waals surface area contributed by atoms with Crippen molar-refractivity contribution < 1.29 is 8.91 Å². The summed E-state index contributed by atoms with van der Waals surface area (Å²) < 4.78 is 17.9. The fraction of sp³-hybridized carbons (Fsp3) is 0.182. The Morgan fingerprint density at radius 3 is 3.00 bits per heavy atom.